The SMILES string of the molecule is Cc1ccc(N2Cc3ccccc3C2=O)c(-n2cccc2)c1. The van der Waals surface area contributed by atoms with E-state index in [0.717, 1.165) is 22.5 Å². The Bertz CT molecular complexity index is 850. The molecule has 1 aliphatic heterocycles. The fourth-order valence-electron chi connectivity index (χ4n) is 3.01. The quantitative estimate of drug-likeness (QED) is 0.701. The number of hydrogen-bond donors (Lipinski definition) is 0. The number of aromatic nitrogens is 1. The van der Waals surface area contributed by atoms with Crippen molar-refractivity contribution in [3.63, 3.8) is 0 Å². The van der Waals surface area contributed by atoms with Crippen LogP contribution in [0.1, 0.15) is 21.5 Å². The Balaban J connectivity index is 1.84. The Hall–Kier alpha value is -2.81. The number of hydrogen-bond acceptors (Lipinski definition) is 1. The van der Waals surface area contributed by atoms with Crippen molar-refractivity contribution in [1.82, 2.24) is 4.57 Å². The zero-order valence-corrected chi connectivity index (χ0v) is 12.4. The molecule has 0 spiro atoms. The number of amides is 1. The molecule has 3 heteroatoms. The van der Waals surface area contributed by atoms with E-state index in [0.29, 0.717) is 6.54 Å². The second kappa shape index (κ2) is 4.88. The van der Waals surface area contributed by atoms with E-state index < -0.39 is 0 Å². The van der Waals surface area contributed by atoms with E-state index in [9.17, 15) is 4.79 Å². The van der Waals surface area contributed by atoms with Crippen LogP contribution in [-0.2, 0) is 6.54 Å². The molecule has 0 unspecified atom stereocenters. The van der Waals surface area contributed by atoms with Gasteiger partial charge in [0.2, 0.25) is 0 Å². The lowest BCUT2D eigenvalue weighted by Crippen LogP contribution is -2.24. The van der Waals surface area contributed by atoms with Gasteiger partial charge in [0.25, 0.3) is 5.91 Å². The highest BCUT2D eigenvalue weighted by molar-refractivity contribution is 6.10. The minimum absolute atomic E-state index is 0.0767. The minimum Gasteiger partial charge on any atom is -0.322 e. The normalized spacial score (nSPS) is 13.5. The first-order valence-electron chi connectivity index (χ1n) is 7.38. The summed E-state index contributed by atoms with van der Waals surface area (Å²) in [6.45, 7) is 2.70. The molecule has 22 heavy (non-hydrogen) atoms. The van der Waals surface area contributed by atoms with Crippen LogP contribution in [0, 0.1) is 6.92 Å². The van der Waals surface area contributed by atoms with Crippen molar-refractivity contribution in [3.8, 4) is 5.69 Å². The van der Waals surface area contributed by atoms with Gasteiger partial charge in [0.1, 0.15) is 0 Å². The standard InChI is InChI=1S/C19H16N2O/c1-14-8-9-17(18(12-14)20-10-4-5-11-20)21-13-15-6-2-3-7-16(15)19(21)22/h2-12H,13H2,1H3. The fourth-order valence-corrected chi connectivity index (χ4v) is 3.01. The lowest BCUT2D eigenvalue weighted by molar-refractivity contribution is 0.0996. The van der Waals surface area contributed by atoms with Crippen LogP contribution in [0.3, 0.4) is 0 Å². The third kappa shape index (κ3) is 1.94. The van der Waals surface area contributed by atoms with Gasteiger partial charge in [0, 0.05) is 18.0 Å². The summed E-state index contributed by atoms with van der Waals surface area (Å²) in [5.74, 6) is 0.0767. The molecule has 0 saturated heterocycles. The molecule has 4 rings (SSSR count). The van der Waals surface area contributed by atoms with Crippen LogP contribution < -0.4 is 4.90 Å². The van der Waals surface area contributed by atoms with Crippen LogP contribution in [0.15, 0.2) is 67.0 Å². The van der Waals surface area contributed by atoms with Crippen molar-refractivity contribution in [1.29, 1.82) is 0 Å². The first-order chi connectivity index (χ1) is 10.7. The molecule has 0 aliphatic carbocycles. The topological polar surface area (TPSA) is 25.2 Å². The third-order valence-corrected chi connectivity index (χ3v) is 4.13. The van der Waals surface area contributed by atoms with E-state index in [1.54, 1.807) is 0 Å². The smallest absolute Gasteiger partial charge is 0.259 e. The maximum absolute atomic E-state index is 12.7. The van der Waals surface area contributed by atoms with E-state index in [1.165, 1.54) is 5.56 Å². The molecule has 0 fully saturated rings. The molecule has 0 radical (unpaired) electrons. The molecule has 2 aromatic carbocycles. The number of aryl methyl sites for hydroxylation is 1. The maximum Gasteiger partial charge on any atom is 0.259 e. The van der Waals surface area contributed by atoms with Crippen molar-refractivity contribution in [2.75, 3.05) is 4.90 Å². The van der Waals surface area contributed by atoms with Crippen molar-refractivity contribution in [2.24, 2.45) is 0 Å². The number of benzene rings is 2. The maximum atomic E-state index is 12.7. The van der Waals surface area contributed by atoms with Crippen LogP contribution >= 0.6 is 0 Å². The van der Waals surface area contributed by atoms with E-state index in [-0.39, 0.29) is 5.91 Å². The molecule has 1 aliphatic rings. The molecule has 108 valence electrons. The molecule has 0 bridgehead atoms. The van der Waals surface area contributed by atoms with Gasteiger partial charge in [-0.25, -0.2) is 0 Å². The minimum atomic E-state index is 0.0767. The van der Waals surface area contributed by atoms with E-state index >= 15 is 0 Å². The Morgan fingerprint density at radius 3 is 2.45 bits per heavy atom. The van der Waals surface area contributed by atoms with Gasteiger partial charge >= 0.3 is 0 Å². The highest BCUT2D eigenvalue weighted by Gasteiger charge is 2.29. The van der Waals surface area contributed by atoms with Gasteiger partial charge in [0.05, 0.1) is 17.9 Å². The summed E-state index contributed by atoms with van der Waals surface area (Å²) in [6, 6.07) is 18.0. The number of carbonyl (C=O) groups excluding carboxylic acids is 1. The molecular weight excluding hydrogens is 272 g/mol. The Morgan fingerprint density at radius 2 is 1.68 bits per heavy atom. The van der Waals surface area contributed by atoms with Crippen LogP contribution in [0.4, 0.5) is 5.69 Å². The molecule has 3 nitrogen and oxygen atoms in total. The van der Waals surface area contributed by atoms with Gasteiger partial charge in [0.15, 0.2) is 0 Å². The summed E-state index contributed by atoms with van der Waals surface area (Å²) in [5, 5.41) is 0. The Kier molecular flexibility index (Phi) is 2.86. The molecule has 1 amide bonds. The molecule has 2 heterocycles. The van der Waals surface area contributed by atoms with E-state index in [2.05, 4.69) is 23.6 Å². The van der Waals surface area contributed by atoms with Gasteiger partial charge in [-0.2, -0.15) is 0 Å². The van der Waals surface area contributed by atoms with E-state index in [1.807, 2.05) is 59.8 Å². The summed E-state index contributed by atoms with van der Waals surface area (Å²) in [4.78, 5) is 14.6. The second-order valence-corrected chi connectivity index (χ2v) is 5.63. The average Bonchev–Trinajstić information content (AvgIpc) is 3.16. The Morgan fingerprint density at radius 1 is 0.909 bits per heavy atom. The Labute approximate surface area is 129 Å². The first kappa shape index (κ1) is 12.9. The lowest BCUT2D eigenvalue weighted by Gasteiger charge is -2.21. The van der Waals surface area contributed by atoms with Crippen molar-refractivity contribution in [2.45, 2.75) is 13.5 Å². The number of nitrogens with zero attached hydrogens (tertiary/aromatic N) is 2. The third-order valence-electron chi connectivity index (χ3n) is 4.13. The summed E-state index contributed by atoms with van der Waals surface area (Å²) >= 11 is 0. The van der Waals surface area contributed by atoms with Gasteiger partial charge < -0.3 is 9.47 Å². The number of fused-ring (bicyclic) bond motifs is 1. The highest BCUT2D eigenvalue weighted by Crippen LogP contribution is 2.33. The molecule has 3 aromatic rings. The zero-order valence-electron chi connectivity index (χ0n) is 12.4. The van der Waals surface area contributed by atoms with Gasteiger partial charge in [-0.05, 0) is 48.4 Å². The molecule has 0 saturated carbocycles. The van der Waals surface area contributed by atoms with Crippen LogP contribution in [0.5, 0.6) is 0 Å². The van der Waals surface area contributed by atoms with Crippen molar-refractivity contribution >= 4 is 11.6 Å². The monoisotopic (exact) mass is 288 g/mol. The molecule has 1 aromatic heterocycles. The summed E-state index contributed by atoms with van der Waals surface area (Å²) in [7, 11) is 0. The van der Waals surface area contributed by atoms with Crippen LogP contribution in [0.25, 0.3) is 5.69 Å². The van der Waals surface area contributed by atoms with Gasteiger partial charge in [-0.15, -0.1) is 0 Å². The molecular formula is C19H16N2O. The van der Waals surface area contributed by atoms with Crippen molar-refractivity contribution in [3.05, 3.63) is 83.7 Å². The largest absolute Gasteiger partial charge is 0.322 e. The number of anilines is 1. The van der Waals surface area contributed by atoms with Crippen LogP contribution in [-0.4, -0.2) is 10.5 Å². The highest BCUT2D eigenvalue weighted by atomic mass is 16.2. The second-order valence-electron chi connectivity index (χ2n) is 5.63. The molecule has 0 atom stereocenters. The number of rotatable bonds is 2. The summed E-state index contributed by atoms with van der Waals surface area (Å²) < 4.78 is 2.05. The zero-order chi connectivity index (χ0) is 15.1. The van der Waals surface area contributed by atoms with Gasteiger partial charge in [-0.3, -0.25) is 4.79 Å². The fraction of sp³-hybridized carbons (Fsp3) is 0.105. The van der Waals surface area contributed by atoms with Crippen LogP contribution in [0.2, 0.25) is 0 Å². The average molecular weight is 288 g/mol. The summed E-state index contributed by atoms with van der Waals surface area (Å²) in [6.07, 6.45) is 4.01. The lowest BCUT2D eigenvalue weighted by atomic mass is 10.1. The number of carbonyl (C=O) groups is 1. The van der Waals surface area contributed by atoms with Crippen molar-refractivity contribution < 1.29 is 4.79 Å². The predicted octanol–water partition coefficient (Wildman–Crippen LogP) is 3.95. The van der Waals surface area contributed by atoms with Gasteiger partial charge in [-0.1, -0.05) is 24.3 Å². The first-order valence-corrected chi connectivity index (χ1v) is 7.38. The van der Waals surface area contributed by atoms with E-state index in [4.69, 9.17) is 0 Å². The molecule has 0 N–H and O–H groups in total. The predicted molar refractivity (Wildman–Crippen MR) is 87.5 cm³/mol. The summed E-state index contributed by atoms with van der Waals surface area (Å²) in [5.41, 5.74) is 5.05.